The lowest BCUT2D eigenvalue weighted by Gasteiger charge is -2.38. The number of hydrogen-bond acceptors (Lipinski definition) is 4. The first-order valence-corrected chi connectivity index (χ1v) is 10.2. The van der Waals surface area contributed by atoms with Gasteiger partial charge in [0, 0.05) is 37.3 Å². The molecule has 0 bridgehead atoms. The van der Waals surface area contributed by atoms with Crippen LogP contribution in [0.15, 0.2) is 12.5 Å². The Hall–Kier alpha value is -1.65. The lowest BCUT2D eigenvalue weighted by atomic mass is 9.74. The molecule has 1 amide bonds. The highest BCUT2D eigenvalue weighted by Gasteiger charge is 2.30. The van der Waals surface area contributed by atoms with E-state index in [0.29, 0.717) is 18.3 Å². The van der Waals surface area contributed by atoms with Crippen LogP contribution < -0.4 is 10.2 Å². The van der Waals surface area contributed by atoms with Crippen molar-refractivity contribution in [3.63, 3.8) is 0 Å². The van der Waals surface area contributed by atoms with E-state index >= 15 is 0 Å². The minimum atomic E-state index is 0.250. The SMILES string of the molecule is Cc1cncnc1N1CCC(NC(=O)CC2CCC(C)C(C)C2)C(C)C1. The molecule has 1 aromatic heterocycles. The molecule has 1 saturated heterocycles. The normalized spacial score (nSPS) is 32.3. The van der Waals surface area contributed by atoms with E-state index in [4.69, 9.17) is 0 Å². The lowest BCUT2D eigenvalue weighted by molar-refractivity contribution is -0.123. The highest BCUT2D eigenvalue weighted by atomic mass is 16.1. The van der Waals surface area contributed by atoms with E-state index in [2.05, 4.69) is 47.9 Å². The van der Waals surface area contributed by atoms with E-state index in [0.717, 1.165) is 42.7 Å². The number of nitrogens with one attached hydrogen (secondary N) is 1. The summed E-state index contributed by atoms with van der Waals surface area (Å²) in [6.07, 6.45) is 8.85. The van der Waals surface area contributed by atoms with Crippen molar-refractivity contribution in [1.82, 2.24) is 15.3 Å². The van der Waals surface area contributed by atoms with Gasteiger partial charge in [-0.1, -0.05) is 27.2 Å². The zero-order chi connectivity index (χ0) is 18.7. The van der Waals surface area contributed by atoms with Crippen LogP contribution in [0.4, 0.5) is 5.82 Å². The van der Waals surface area contributed by atoms with Crippen LogP contribution in [0.2, 0.25) is 0 Å². The summed E-state index contributed by atoms with van der Waals surface area (Å²) in [7, 11) is 0. The van der Waals surface area contributed by atoms with E-state index in [-0.39, 0.29) is 11.9 Å². The van der Waals surface area contributed by atoms with E-state index in [9.17, 15) is 4.79 Å². The quantitative estimate of drug-likeness (QED) is 0.894. The smallest absolute Gasteiger partial charge is 0.220 e. The molecule has 144 valence electrons. The molecule has 0 spiro atoms. The monoisotopic (exact) mass is 358 g/mol. The standard InChI is InChI=1S/C21H34N4O/c1-14-5-6-18(9-15(14)2)10-20(26)24-19-7-8-25(12-17(19)4)21-16(3)11-22-13-23-21/h11,13-15,17-19H,5-10,12H2,1-4H3,(H,24,26). The second-order valence-corrected chi connectivity index (χ2v) is 8.75. The predicted octanol–water partition coefficient (Wildman–Crippen LogP) is 3.58. The summed E-state index contributed by atoms with van der Waals surface area (Å²) >= 11 is 0. The van der Waals surface area contributed by atoms with Crippen molar-refractivity contribution in [1.29, 1.82) is 0 Å². The fourth-order valence-electron chi connectivity index (χ4n) is 4.65. The third-order valence-corrected chi connectivity index (χ3v) is 6.60. The fraction of sp³-hybridized carbons (Fsp3) is 0.762. The van der Waals surface area contributed by atoms with Crippen LogP contribution in [-0.2, 0) is 4.79 Å². The number of rotatable bonds is 4. The molecule has 1 aliphatic carbocycles. The van der Waals surface area contributed by atoms with Gasteiger partial charge in [0.25, 0.3) is 0 Å². The summed E-state index contributed by atoms with van der Waals surface area (Å²) in [6, 6.07) is 0.279. The van der Waals surface area contributed by atoms with Crippen molar-refractivity contribution in [3.05, 3.63) is 18.1 Å². The van der Waals surface area contributed by atoms with Crippen molar-refractivity contribution >= 4 is 11.7 Å². The molecule has 2 heterocycles. The van der Waals surface area contributed by atoms with Gasteiger partial charge in [0.1, 0.15) is 12.1 Å². The third kappa shape index (κ3) is 4.54. The molecule has 26 heavy (non-hydrogen) atoms. The molecule has 5 nitrogen and oxygen atoms in total. The van der Waals surface area contributed by atoms with Crippen molar-refractivity contribution in [2.75, 3.05) is 18.0 Å². The average molecular weight is 359 g/mol. The Morgan fingerprint density at radius 3 is 2.69 bits per heavy atom. The van der Waals surface area contributed by atoms with Gasteiger partial charge in [-0.2, -0.15) is 0 Å². The molecular weight excluding hydrogens is 324 g/mol. The molecule has 3 rings (SSSR count). The van der Waals surface area contributed by atoms with Crippen molar-refractivity contribution in [3.8, 4) is 0 Å². The van der Waals surface area contributed by atoms with E-state index < -0.39 is 0 Å². The minimum Gasteiger partial charge on any atom is -0.356 e. The summed E-state index contributed by atoms with van der Waals surface area (Å²) in [5.74, 6) is 3.83. The van der Waals surface area contributed by atoms with Crippen LogP contribution >= 0.6 is 0 Å². The molecule has 2 fully saturated rings. The number of aromatic nitrogens is 2. The van der Waals surface area contributed by atoms with Gasteiger partial charge in [0.2, 0.25) is 5.91 Å². The molecule has 5 atom stereocenters. The topological polar surface area (TPSA) is 58.1 Å². The van der Waals surface area contributed by atoms with Gasteiger partial charge in [-0.05, 0) is 49.9 Å². The van der Waals surface area contributed by atoms with E-state index in [1.165, 1.54) is 19.3 Å². The lowest BCUT2D eigenvalue weighted by Crippen LogP contribution is -2.50. The number of piperidine rings is 1. The van der Waals surface area contributed by atoms with Crippen LogP contribution in [0.25, 0.3) is 0 Å². The van der Waals surface area contributed by atoms with Gasteiger partial charge < -0.3 is 10.2 Å². The van der Waals surface area contributed by atoms with E-state index in [1.807, 2.05) is 6.20 Å². The van der Waals surface area contributed by atoms with Crippen molar-refractivity contribution in [2.24, 2.45) is 23.7 Å². The van der Waals surface area contributed by atoms with Crippen LogP contribution in [0.3, 0.4) is 0 Å². The third-order valence-electron chi connectivity index (χ3n) is 6.60. The summed E-state index contributed by atoms with van der Waals surface area (Å²) in [4.78, 5) is 23.4. The van der Waals surface area contributed by atoms with Gasteiger partial charge in [0.05, 0.1) is 0 Å². The number of anilines is 1. The summed E-state index contributed by atoms with van der Waals surface area (Å²) in [6.45, 7) is 10.8. The Bertz CT molecular complexity index is 620. The Morgan fingerprint density at radius 2 is 2.00 bits per heavy atom. The molecule has 5 unspecified atom stereocenters. The minimum absolute atomic E-state index is 0.250. The zero-order valence-corrected chi connectivity index (χ0v) is 16.7. The number of hydrogen-bond donors (Lipinski definition) is 1. The Kier molecular flexibility index (Phi) is 6.15. The first-order chi connectivity index (χ1) is 12.4. The molecule has 0 radical (unpaired) electrons. The van der Waals surface area contributed by atoms with E-state index in [1.54, 1.807) is 6.33 Å². The highest BCUT2D eigenvalue weighted by Crippen LogP contribution is 2.35. The number of nitrogens with zero attached hydrogens (tertiary/aromatic N) is 3. The molecule has 0 aromatic carbocycles. The first kappa shape index (κ1) is 19.1. The summed E-state index contributed by atoms with van der Waals surface area (Å²) in [5, 5.41) is 3.33. The second-order valence-electron chi connectivity index (χ2n) is 8.75. The van der Waals surface area contributed by atoms with Gasteiger partial charge in [-0.25, -0.2) is 9.97 Å². The Balaban J connectivity index is 1.49. The summed E-state index contributed by atoms with van der Waals surface area (Å²) in [5.41, 5.74) is 1.11. The van der Waals surface area contributed by atoms with Crippen LogP contribution in [-0.4, -0.2) is 35.0 Å². The van der Waals surface area contributed by atoms with Crippen LogP contribution in [0.1, 0.15) is 58.4 Å². The molecular formula is C21H34N4O. The number of carbonyl (C=O) groups excluding carboxylic acids is 1. The van der Waals surface area contributed by atoms with Gasteiger partial charge in [-0.15, -0.1) is 0 Å². The predicted molar refractivity (Wildman–Crippen MR) is 105 cm³/mol. The molecule has 5 heteroatoms. The molecule has 1 aliphatic heterocycles. The van der Waals surface area contributed by atoms with Crippen molar-refractivity contribution < 1.29 is 4.79 Å². The Morgan fingerprint density at radius 1 is 1.19 bits per heavy atom. The highest BCUT2D eigenvalue weighted by molar-refractivity contribution is 5.76. The molecule has 1 N–H and O–H groups in total. The number of aryl methyl sites for hydroxylation is 1. The summed E-state index contributed by atoms with van der Waals surface area (Å²) < 4.78 is 0. The van der Waals surface area contributed by atoms with Crippen molar-refractivity contribution in [2.45, 2.75) is 65.8 Å². The average Bonchev–Trinajstić information content (AvgIpc) is 2.60. The molecule has 1 aromatic rings. The fourth-order valence-corrected chi connectivity index (χ4v) is 4.65. The molecule has 2 aliphatic rings. The maximum absolute atomic E-state index is 12.6. The second kappa shape index (κ2) is 8.36. The van der Waals surface area contributed by atoms with Gasteiger partial charge in [-0.3, -0.25) is 4.79 Å². The first-order valence-electron chi connectivity index (χ1n) is 10.2. The number of carbonyl (C=O) groups is 1. The molecule has 1 saturated carbocycles. The van der Waals surface area contributed by atoms with Gasteiger partial charge in [0.15, 0.2) is 0 Å². The maximum atomic E-state index is 12.6. The van der Waals surface area contributed by atoms with Crippen LogP contribution in [0, 0.1) is 30.6 Å². The maximum Gasteiger partial charge on any atom is 0.220 e. The largest absolute Gasteiger partial charge is 0.356 e. The zero-order valence-electron chi connectivity index (χ0n) is 16.7. The Labute approximate surface area is 158 Å². The van der Waals surface area contributed by atoms with Gasteiger partial charge >= 0.3 is 0 Å². The van der Waals surface area contributed by atoms with Crippen LogP contribution in [0.5, 0.6) is 0 Å². The number of amides is 1.